The number of rotatable bonds is 7. The van der Waals surface area contributed by atoms with E-state index in [1.165, 1.54) is 16.1 Å². The lowest BCUT2D eigenvalue weighted by Crippen LogP contribution is -2.27. The van der Waals surface area contributed by atoms with Gasteiger partial charge in [-0.2, -0.15) is 4.31 Å². The maximum absolute atomic E-state index is 12.7. The number of fused-ring (bicyclic) bond motifs is 1. The van der Waals surface area contributed by atoms with Gasteiger partial charge in [0.25, 0.3) is 10.0 Å². The Bertz CT molecular complexity index is 1210. The van der Waals surface area contributed by atoms with Crippen LogP contribution in [-0.2, 0) is 22.3 Å². The molecule has 0 atom stereocenters. The highest BCUT2D eigenvalue weighted by Gasteiger charge is 2.30. The van der Waals surface area contributed by atoms with Crippen molar-refractivity contribution in [2.45, 2.75) is 42.3 Å². The van der Waals surface area contributed by atoms with E-state index in [9.17, 15) is 8.42 Å². The molecule has 32 heavy (non-hydrogen) atoms. The number of sulfonamides is 1. The van der Waals surface area contributed by atoms with Crippen LogP contribution in [0.3, 0.4) is 0 Å². The summed E-state index contributed by atoms with van der Waals surface area (Å²) in [5, 5.41) is 0.864. The minimum Gasteiger partial charge on any atom is -0.486 e. The molecule has 0 bridgehead atoms. The van der Waals surface area contributed by atoms with E-state index in [-0.39, 0.29) is 5.09 Å². The van der Waals surface area contributed by atoms with Gasteiger partial charge in [-0.1, -0.05) is 11.8 Å². The average Bonchev–Trinajstić information content (AvgIpc) is 3.58. The number of nitrogens with zero attached hydrogens (tertiary/aromatic N) is 3. The summed E-state index contributed by atoms with van der Waals surface area (Å²) in [4.78, 5) is 4.59. The molecule has 5 rings (SSSR count). The van der Waals surface area contributed by atoms with Crippen LogP contribution in [0, 0.1) is 0 Å². The summed E-state index contributed by atoms with van der Waals surface area (Å²) in [7, 11) is -3.54. The van der Waals surface area contributed by atoms with Gasteiger partial charge in [0.2, 0.25) is 5.09 Å². The summed E-state index contributed by atoms with van der Waals surface area (Å²) in [6.45, 7) is 5.05. The molecular weight excluding hydrogens is 450 g/mol. The average molecular weight is 476 g/mol. The van der Waals surface area contributed by atoms with Crippen LogP contribution in [0.15, 0.2) is 51.2 Å². The molecule has 170 valence electrons. The van der Waals surface area contributed by atoms with Crippen molar-refractivity contribution in [3.63, 3.8) is 0 Å². The first-order valence-corrected chi connectivity index (χ1v) is 13.2. The van der Waals surface area contributed by atoms with Gasteiger partial charge in [0.15, 0.2) is 16.7 Å². The molecule has 8 nitrogen and oxygen atoms in total. The normalized spacial score (nSPS) is 16.5. The summed E-state index contributed by atoms with van der Waals surface area (Å²) in [5.41, 5.74) is 2.00. The molecule has 1 saturated heterocycles. The number of ether oxygens (including phenoxy) is 2. The Hall–Kier alpha value is -2.43. The van der Waals surface area contributed by atoms with Crippen molar-refractivity contribution in [3.8, 4) is 22.8 Å². The molecule has 0 radical (unpaired) electrons. The predicted molar refractivity (Wildman–Crippen MR) is 121 cm³/mol. The van der Waals surface area contributed by atoms with Gasteiger partial charge < -0.3 is 18.5 Å². The van der Waals surface area contributed by atoms with Crippen molar-refractivity contribution in [2.24, 2.45) is 0 Å². The SMILES string of the molecule is CCn1c(-c2ccc3c(c2)OCCO3)cnc1SCc1ccc(S(=O)(=O)N2CCCC2)o1. The van der Waals surface area contributed by atoms with Gasteiger partial charge in [-0.25, -0.2) is 13.4 Å². The molecule has 2 aromatic heterocycles. The van der Waals surface area contributed by atoms with Gasteiger partial charge in [0.1, 0.15) is 19.0 Å². The molecule has 3 aromatic rings. The van der Waals surface area contributed by atoms with Crippen LogP contribution in [0.5, 0.6) is 11.5 Å². The Morgan fingerprint density at radius 3 is 2.62 bits per heavy atom. The van der Waals surface area contributed by atoms with Crippen molar-refractivity contribution in [1.29, 1.82) is 0 Å². The molecule has 2 aliphatic rings. The standard InChI is InChI=1S/C22H25N3O5S2/c1-2-25-18(16-5-7-19-20(13-16)29-12-11-28-19)14-23-22(25)31-15-17-6-8-21(30-17)32(26,27)24-9-3-4-10-24/h5-8,13-14H,2-4,9-12,15H2,1H3. The first-order valence-electron chi connectivity index (χ1n) is 10.7. The third-order valence-electron chi connectivity index (χ3n) is 5.61. The number of furan rings is 1. The van der Waals surface area contributed by atoms with Crippen LogP contribution >= 0.6 is 11.8 Å². The zero-order valence-electron chi connectivity index (χ0n) is 17.8. The van der Waals surface area contributed by atoms with Crippen molar-refractivity contribution in [2.75, 3.05) is 26.3 Å². The number of hydrogen-bond donors (Lipinski definition) is 0. The zero-order chi connectivity index (χ0) is 22.1. The van der Waals surface area contributed by atoms with E-state index in [2.05, 4.69) is 16.5 Å². The number of imidazole rings is 1. The van der Waals surface area contributed by atoms with E-state index < -0.39 is 10.0 Å². The molecule has 0 amide bonds. The third-order valence-corrected chi connectivity index (χ3v) is 8.40. The smallest absolute Gasteiger partial charge is 0.276 e. The van der Waals surface area contributed by atoms with Crippen molar-refractivity contribution in [1.82, 2.24) is 13.9 Å². The van der Waals surface area contributed by atoms with Gasteiger partial charge >= 0.3 is 0 Å². The van der Waals surface area contributed by atoms with Gasteiger partial charge in [0, 0.05) is 25.2 Å². The van der Waals surface area contributed by atoms with E-state index in [4.69, 9.17) is 13.9 Å². The highest BCUT2D eigenvalue weighted by molar-refractivity contribution is 7.98. The van der Waals surface area contributed by atoms with Gasteiger partial charge in [-0.05, 0) is 50.1 Å². The van der Waals surface area contributed by atoms with E-state index in [1.54, 1.807) is 12.1 Å². The summed E-state index contributed by atoms with van der Waals surface area (Å²) in [6.07, 6.45) is 3.64. The van der Waals surface area contributed by atoms with Crippen LogP contribution in [0.1, 0.15) is 25.5 Å². The van der Waals surface area contributed by atoms with Crippen molar-refractivity contribution >= 4 is 21.8 Å². The van der Waals surface area contributed by atoms with Crippen LogP contribution in [-0.4, -0.2) is 48.6 Å². The molecule has 2 aliphatic heterocycles. The third kappa shape index (κ3) is 4.02. The molecule has 10 heteroatoms. The lowest BCUT2D eigenvalue weighted by atomic mass is 10.1. The van der Waals surface area contributed by atoms with Gasteiger partial charge in [0.05, 0.1) is 17.6 Å². The summed E-state index contributed by atoms with van der Waals surface area (Å²) < 4.78 is 46.0. The number of thioether (sulfide) groups is 1. The minimum atomic E-state index is -3.54. The lowest BCUT2D eigenvalue weighted by Gasteiger charge is -2.19. The topological polar surface area (TPSA) is 86.8 Å². The lowest BCUT2D eigenvalue weighted by molar-refractivity contribution is 0.171. The monoisotopic (exact) mass is 475 g/mol. The summed E-state index contributed by atoms with van der Waals surface area (Å²) >= 11 is 1.52. The Morgan fingerprint density at radius 1 is 1.06 bits per heavy atom. The molecule has 1 aromatic carbocycles. The van der Waals surface area contributed by atoms with Crippen LogP contribution in [0.25, 0.3) is 11.3 Å². The molecule has 0 unspecified atom stereocenters. The Labute approximate surface area is 191 Å². The zero-order valence-corrected chi connectivity index (χ0v) is 19.5. The summed E-state index contributed by atoms with van der Waals surface area (Å²) in [6, 6.07) is 9.20. The Kier molecular flexibility index (Phi) is 5.92. The highest BCUT2D eigenvalue weighted by atomic mass is 32.2. The fraction of sp³-hybridized carbons (Fsp3) is 0.409. The second kappa shape index (κ2) is 8.84. The highest BCUT2D eigenvalue weighted by Crippen LogP contribution is 2.36. The predicted octanol–water partition coefficient (Wildman–Crippen LogP) is 4.01. The molecule has 0 aliphatic carbocycles. The molecule has 1 fully saturated rings. The van der Waals surface area contributed by atoms with E-state index in [0.29, 0.717) is 37.8 Å². The number of aromatic nitrogens is 2. The van der Waals surface area contributed by atoms with Crippen LogP contribution in [0.4, 0.5) is 0 Å². The largest absolute Gasteiger partial charge is 0.486 e. The fourth-order valence-corrected chi connectivity index (χ4v) is 6.36. The van der Waals surface area contributed by atoms with E-state index in [0.717, 1.165) is 47.3 Å². The Balaban J connectivity index is 1.32. The maximum atomic E-state index is 12.7. The molecular formula is C22H25N3O5S2. The molecule has 4 heterocycles. The molecule has 0 spiro atoms. The fourth-order valence-electron chi connectivity index (χ4n) is 3.98. The number of benzene rings is 1. The van der Waals surface area contributed by atoms with Crippen molar-refractivity contribution < 1.29 is 22.3 Å². The van der Waals surface area contributed by atoms with Crippen LogP contribution in [0.2, 0.25) is 0 Å². The number of hydrogen-bond acceptors (Lipinski definition) is 7. The van der Waals surface area contributed by atoms with Gasteiger partial charge in [-0.15, -0.1) is 0 Å². The maximum Gasteiger partial charge on any atom is 0.276 e. The molecule has 0 saturated carbocycles. The Morgan fingerprint density at radius 2 is 1.84 bits per heavy atom. The first-order chi connectivity index (χ1) is 15.6. The van der Waals surface area contributed by atoms with Crippen molar-refractivity contribution in [3.05, 3.63) is 42.3 Å². The second-order valence-electron chi connectivity index (χ2n) is 7.65. The summed E-state index contributed by atoms with van der Waals surface area (Å²) in [5.74, 6) is 2.61. The van der Waals surface area contributed by atoms with E-state index in [1.807, 2.05) is 24.4 Å². The van der Waals surface area contributed by atoms with E-state index >= 15 is 0 Å². The van der Waals surface area contributed by atoms with Gasteiger partial charge in [-0.3, -0.25) is 0 Å². The van der Waals surface area contributed by atoms with Crippen LogP contribution < -0.4 is 9.47 Å². The first kappa shape index (κ1) is 21.4. The minimum absolute atomic E-state index is 0.0193. The molecule has 0 N–H and O–H groups in total. The second-order valence-corrected chi connectivity index (χ2v) is 10.5. The quantitative estimate of drug-likeness (QED) is 0.477.